The fraction of sp³-hybridized carbons (Fsp3) is 0.615. The molecule has 4 rings (SSSR count). The molecule has 2 aliphatic rings. The average Bonchev–Trinajstić information content (AvgIpc) is 3.61. The first-order chi connectivity index (χ1) is 18.7. The lowest BCUT2D eigenvalue weighted by atomic mass is 10.0. The molecule has 11 nitrogen and oxygen atoms in total. The van der Waals surface area contributed by atoms with Gasteiger partial charge in [0, 0.05) is 29.7 Å². The van der Waals surface area contributed by atoms with Gasteiger partial charge in [-0.2, -0.15) is 0 Å². The second-order valence-electron chi connectivity index (χ2n) is 10.2. The van der Waals surface area contributed by atoms with Crippen LogP contribution in [-0.2, 0) is 38.5 Å². The number of carbonyl (C=O) groups excluding carboxylic acids is 1. The van der Waals surface area contributed by atoms with Crippen molar-refractivity contribution in [2.24, 2.45) is 11.8 Å². The Morgan fingerprint density at radius 3 is 2.74 bits per heavy atom. The second-order valence-corrected chi connectivity index (χ2v) is 12.3. The molecule has 3 heterocycles. The molecule has 2 N–H and O–H groups in total. The van der Waals surface area contributed by atoms with Crippen molar-refractivity contribution in [1.82, 2.24) is 14.6 Å². The summed E-state index contributed by atoms with van der Waals surface area (Å²) in [5.74, 6) is 0.703. The molecule has 0 bridgehead atoms. The summed E-state index contributed by atoms with van der Waals surface area (Å²) >= 11 is -0.954. The van der Waals surface area contributed by atoms with Crippen LogP contribution >= 0.6 is 11.3 Å². The topological polar surface area (TPSA) is 143 Å². The predicted octanol–water partition coefficient (Wildman–Crippen LogP) is 2.54. The predicted molar refractivity (Wildman–Crippen MR) is 144 cm³/mol. The number of aliphatic hydroxyl groups excluding tert-OH is 1. The van der Waals surface area contributed by atoms with Gasteiger partial charge in [0.25, 0.3) is 0 Å². The van der Waals surface area contributed by atoms with E-state index in [1.807, 2.05) is 50.4 Å². The Morgan fingerprint density at radius 2 is 2.08 bits per heavy atom. The van der Waals surface area contributed by atoms with Crippen LogP contribution in [0.3, 0.4) is 0 Å². The van der Waals surface area contributed by atoms with E-state index >= 15 is 0 Å². The third-order valence-corrected chi connectivity index (χ3v) is 8.16. The number of nitrogens with one attached hydrogen (secondary N) is 1. The lowest BCUT2D eigenvalue weighted by Crippen LogP contribution is -2.51. The largest absolute Gasteiger partial charge is 0.760 e. The highest BCUT2D eigenvalue weighted by atomic mass is 32.2. The van der Waals surface area contributed by atoms with Gasteiger partial charge < -0.3 is 33.9 Å². The number of ether oxygens (including phenoxy) is 4. The number of aliphatic hydroxyl groups is 1. The Hall–Kier alpha value is -2.13. The van der Waals surface area contributed by atoms with Gasteiger partial charge in [0.2, 0.25) is 0 Å². The van der Waals surface area contributed by atoms with Crippen molar-refractivity contribution in [3.63, 3.8) is 0 Å². The Bertz CT molecular complexity index is 1100. The Labute approximate surface area is 235 Å². The van der Waals surface area contributed by atoms with E-state index < -0.39 is 35.6 Å². The van der Waals surface area contributed by atoms with Gasteiger partial charge in [0.15, 0.2) is 6.29 Å². The maximum atomic E-state index is 12.9. The average molecular weight is 583 g/mol. The number of rotatable bonds is 13. The summed E-state index contributed by atoms with van der Waals surface area (Å²) in [6.07, 6.45) is -1.69. The Morgan fingerprint density at radius 1 is 1.31 bits per heavy atom. The summed E-state index contributed by atoms with van der Waals surface area (Å²) in [5.41, 5.74) is 1.68. The van der Waals surface area contributed by atoms with Crippen LogP contribution in [-0.4, -0.2) is 80.1 Å². The van der Waals surface area contributed by atoms with Crippen molar-refractivity contribution in [2.45, 2.75) is 64.8 Å². The molecule has 1 unspecified atom stereocenters. The zero-order valence-corrected chi connectivity index (χ0v) is 23.9. The lowest BCUT2D eigenvalue weighted by Gasteiger charge is -2.32. The number of benzene rings is 1. The molecule has 1 amide bonds. The molecule has 39 heavy (non-hydrogen) atoms. The van der Waals surface area contributed by atoms with Crippen LogP contribution in [0.5, 0.6) is 5.75 Å². The quantitative estimate of drug-likeness (QED) is 0.341. The van der Waals surface area contributed by atoms with Crippen LogP contribution in [0.15, 0.2) is 29.6 Å². The zero-order valence-electron chi connectivity index (χ0n) is 22.3. The fourth-order valence-electron chi connectivity index (χ4n) is 4.70. The van der Waals surface area contributed by atoms with Gasteiger partial charge in [-0.1, -0.05) is 26.0 Å². The van der Waals surface area contributed by atoms with E-state index in [4.69, 9.17) is 18.9 Å². The Balaban J connectivity index is 1.40. The number of thiazole rings is 1. The number of carbonyl (C=O) groups is 1. The van der Waals surface area contributed by atoms with Crippen LogP contribution in [0.1, 0.15) is 36.5 Å². The third-order valence-electron chi connectivity index (χ3n) is 6.61. The van der Waals surface area contributed by atoms with E-state index in [0.29, 0.717) is 19.0 Å². The van der Waals surface area contributed by atoms with E-state index in [2.05, 4.69) is 10.3 Å². The van der Waals surface area contributed by atoms with Gasteiger partial charge in [-0.3, -0.25) is 4.21 Å². The summed E-state index contributed by atoms with van der Waals surface area (Å²) in [6.45, 7) is 6.96. The standard InChI is InChI=1S/C26H37N3O8S2/c1-16(2)11-29(39(32)33)12-23(30)22(28-26(31)37-24-14-36-25-21(24)8-9-34-25)10-18-4-6-20(7-5-18)35-13-19-15-38-17(3)27-19/h4-7,15-16,21-25,30H,8-14H2,1-3H3,(H,28,31)(H,32,33)/p-1/t21-,22-,23+,24-,25+/m0/s1. The maximum Gasteiger partial charge on any atom is 0.407 e. The molecule has 1 aromatic carbocycles. The summed E-state index contributed by atoms with van der Waals surface area (Å²) in [5, 5.41) is 16.8. The minimum atomic E-state index is -2.52. The van der Waals surface area contributed by atoms with Gasteiger partial charge in [0.05, 0.1) is 42.0 Å². The monoisotopic (exact) mass is 582 g/mol. The molecule has 0 saturated carbocycles. The highest BCUT2D eigenvalue weighted by molar-refractivity contribution is 7.76. The molecule has 0 aliphatic carbocycles. The van der Waals surface area contributed by atoms with Crippen LogP contribution in [0, 0.1) is 18.8 Å². The van der Waals surface area contributed by atoms with Crippen molar-refractivity contribution in [1.29, 1.82) is 0 Å². The number of aromatic nitrogens is 1. The van der Waals surface area contributed by atoms with Gasteiger partial charge in [-0.15, -0.1) is 11.3 Å². The number of hydrogen-bond acceptors (Lipinski definition) is 10. The molecule has 1 aromatic heterocycles. The van der Waals surface area contributed by atoms with Crippen molar-refractivity contribution in [3.05, 3.63) is 45.9 Å². The minimum Gasteiger partial charge on any atom is -0.760 e. The van der Waals surface area contributed by atoms with Crippen LogP contribution in [0.4, 0.5) is 4.79 Å². The molecule has 216 valence electrons. The third kappa shape index (κ3) is 8.68. The summed E-state index contributed by atoms with van der Waals surface area (Å²) in [6, 6.07) is 6.50. The van der Waals surface area contributed by atoms with Gasteiger partial charge >= 0.3 is 6.09 Å². The first kappa shape index (κ1) is 29.8. The number of fused-ring (bicyclic) bond motifs is 1. The Kier molecular flexibility index (Phi) is 10.7. The number of alkyl carbamates (subject to hydrolysis) is 1. The molecular formula is C26H36N3O8S2-. The lowest BCUT2D eigenvalue weighted by molar-refractivity contribution is -0.0907. The summed E-state index contributed by atoms with van der Waals surface area (Å²) in [4.78, 5) is 17.3. The zero-order chi connectivity index (χ0) is 27.9. The smallest absolute Gasteiger partial charge is 0.407 e. The minimum absolute atomic E-state index is 0.0238. The van der Waals surface area contributed by atoms with Crippen LogP contribution in [0.2, 0.25) is 0 Å². The SMILES string of the molecule is Cc1nc(COc2ccc(C[C@H](NC(=O)O[C@H]3CO[C@H]4OCC[C@H]43)[C@H](O)CN(CC(C)C)S(=O)[O-])cc2)cs1. The molecule has 0 spiro atoms. The van der Waals surface area contributed by atoms with E-state index in [0.717, 1.165) is 27.0 Å². The van der Waals surface area contributed by atoms with Crippen LogP contribution in [0.25, 0.3) is 0 Å². The number of amides is 1. The normalized spacial score (nSPS) is 23.0. The van der Waals surface area contributed by atoms with Crippen LogP contribution < -0.4 is 10.1 Å². The van der Waals surface area contributed by atoms with E-state index in [-0.39, 0.29) is 44.2 Å². The highest BCUT2D eigenvalue weighted by Gasteiger charge is 2.44. The van der Waals surface area contributed by atoms with Gasteiger partial charge in [-0.05, 0) is 43.4 Å². The maximum absolute atomic E-state index is 12.9. The molecule has 2 fully saturated rings. The number of aryl methyl sites for hydroxylation is 1. The van der Waals surface area contributed by atoms with Crippen molar-refractivity contribution in [3.8, 4) is 5.75 Å². The molecule has 0 radical (unpaired) electrons. The fourth-order valence-corrected chi connectivity index (χ4v) is 5.99. The number of nitrogens with zero attached hydrogens (tertiary/aromatic N) is 2. The molecule has 13 heteroatoms. The second kappa shape index (κ2) is 14.0. The highest BCUT2D eigenvalue weighted by Crippen LogP contribution is 2.33. The molecule has 2 saturated heterocycles. The van der Waals surface area contributed by atoms with Gasteiger partial charge in [0.1, 0.15) is 18.5 Å². The van der Waals surface area contributed by atoms with E-state index in [1.165, 1.54) is 0 Å². The van der Waals surface area contributed by atoms with E-state index in [9.17, 15) is 18.7 Å². The molecule has 2 aromatic rings. The molecule has 6 atom stereocenters. The first-order valence-electron chi connectivity index (χ1n) is 13.0. The molecule has 2 aliphatic heterocycles. The first-order valence-corrected chi connectivity index (χ1v) is 14.9. The van der Waals surface area contributed by atoms with Crippen molar-refractivity contribution >= 4 is 28.7 Å². The van der Waals surface area contributed by atoms with Crippen molar-refractivity contribution < 1.29 is 37.6 Å². The molecular weight excluding hydrogens is 546 g/mol. The summed E-state index contributed by atoms with van der Waals surface area (Å²) in [7, 11) is 0. The number of hydrogen-bond donors (Lipinski definition) is 2. The van der Waals surface area contributed by atoms with E-state index in [1.54, 1.807) is 11.3 Å². The van der Waals surface area contributed by atoms with Crippen molar-refractivity contribution in [2.75, 3.05) is 26.3 Å². The van der Waals surface area contributed by atoms with Gasteiger partial charge in [-0.25, -0.2) is 14.1 Å². The summed E-state index contributed by atoms with van der Waals surface area (Å²) < 4.78 is 47.2.